The first-order chi connectivity index (χ1) is 8.22. The summed E-state index contributed by atoms with van der Waals surface area (Å²) in [4.78, 5) is 0. The van der Waals surface area contributed by atoms with E-state index in [1.165, 1.54) is 0 Å². The van der Waals surface area contributed by atoms with Gasteiger partial charge in [0.15, 0.2) is 0 Å². The summed E-state index contributed by atoms with van der Waals surface area (Å²) < 4.78 is 5.38. The Bertz CT molecular complexity index is 384. The Morgan fingerprint density at radius 1 is 1.41 bits per heavy atom. The van der Waals surface area contributed by atoms with E-state index in [4.69, 9.17) is 10.00 Å². The Hall–Kier alpha value is -1.53. The van der Waals surface area contributed by atoms with Crippen LogP contribution in [-0.4, -0.2) is 11.7 Å². The normalized spacial score (nSPS) is 13.8. The number of benzene rings is 1. The first-order valence-corrected chi connectivity index (χ1v) is 6.03. The lowest BCUT2D eigenvalue weighted by Crippen LogP contribution is -2.10. The van der Waals surface area contributed by atoms with Gasteiger partial charge in [-0.15, -0.1) is 0 Å². The molecule has 2 unspecified atom stereocenters. The van der Waals surface area contributed by atoms with E-state index < -0.39 is 6.10 Å². The predicted octanol–water partition coefficient (Wildman–Crippen LogP) is 3.06. The lowest BCUT2D eigenvalue weighted by Gasteiger charge is -2.17. The van der Waals surface area contributed by atoms with E-state index in [0.29, 0.717) is 13.0 Å². The SMILES string of the molecule is CCCC(C#N)C(O)c1cccc(OCC)c1. The Labute approximate surface area is 103 Å². The molecule has 1 rings (SSSR count). The summed E-state index contributed by atoms with van der Waals surface area (Å²) in [6.45, 7) is 4.52. The van der Waals surface area contributed by atoms with Crippen molar-refractivity contribution in [2.45, 2.75) is 32.8 Å². The van der Waals surface area contributed by atoms with E-state index in [0.717, 1.165) is 17.7 Å². The van der Waals surface area contributed by atoms with Crippen molar-refractivity contribution in [3.63, 3.8) is 0 Å². The molecule has 0 aromatic heterocycles. The first-order valence-electron chi connectivity index (χ1n) is 6.03. The van der Waals surface area contributed by atoms with Gasteiger partial charge in [-0.1, -0.05) is 25.5 Å². The molecule has 3 heteroatoms. The Kier molecular flexibility index (Phi) is 5.51. The minimum Gasteiger partial charge on any atom is -0.494 e. The minimum atomic E-state index is -0.736. The average molecular weight is 233 g/mol. The van der Waals surface area contributed by atoms with Gasteiger partial charge in [0.2, 0.25) is 0 Å². The second-order valence-corrected chi connectivity index (χ2v) is 3.97. The molecule has 0 saturated carbocycles. The fourth-order valence-electron chi connectivity index (χ4n) is 1.79. The molecule has 0 spiro atoms. The highest BCUT2D eigenvalue weighted by molar-refractivity contribution is 5.30. The van der Waals surface area contributed by atoms with Crippen molar-refractivity contribution < 1.29 is 9.84 Å². The number of nitriles is 1. The molecule has 2 atom stereocenters. The van der Waals surface area contributed by atoms with Crippen molar-refractivity contribution in [3.8, 4) is 11.8 Å². The molecule has 1 N–H and O–H groups in total. The van der Waals surface area contributed by atoms with E-state index >= 15 is 0 Å². The summed E-state index contributed by atoms with van der Waals surface area (Å²) in [5.74, 6) is 0.383. The molecular formula is C14H19NO2. The van der Waals surface area contributed by atoms with Crippen LogP contribution >= 0.6 is 0 Å². The first kappa shape index (κ1) is 13.5. The predicted molar refractivity (Wildman–Crippen MR) is 66.6 cm³/mol. The third kappa shape index (κ3) is 3.76. The third-order valence-corrected chi connectivity index (χ3v) is 2.66. The highest BCUT2D eigenvalue weighted by atomic mass is 16.5. The molecule has 0 fully saturated rings. The standard InChI is InChI=1S/C14H19NO2/c1-3-6-12(10-15)14(16)11-7-5-8-13(9-11)17-4-2/h5,7-9,12,14,16H,3-4,6H2,1-2H3. The van der Waals surface area contributed by atoms with Crippen molar-refractivity contribution in [1.82, 2.24) is 0 Å². The second kappa shape index (κ2) is 6.93. The van der Waals surface area contributed by atoms with Crippen molar-refractivity contribution in [3.05, 3.63) is 29.8 Å². The van der Waals surface area contributed by atoms with Crippen LogP contribution in [0.25, 0.3) is 0 Å². The number of rotatable bonds is 6. The fourth-order valence-corrected chi connectivity index (χ4v) is 1.79. The average Bonchev–Trinajstić information content (AvgIpc) is 2.36. The maximum Gasteiger partial charge on any atom is 0.119 e. The van der Waals surface area contributed by atoms with Crippen LogP contribution in [-0.2, 0) is 0 Å². The highest BCUT2D eigenvalue weighted by Crippen LogP contribution is 2.27. The lowest BCUT2D eigenvalue weighted by molar-refractivity contribution is 0.129. The summed E-state index contributed by atoms with van der Waals surface area (Å²) in [5, 5.41) is 19.1. The second-order valence-electron chi connectivity index (χ2n) is 3.97. The molecular weight excluding hydrogens is 214 g/mol. The molecule has 0 aliphatic heterocycles. The molecule has 3 nitrogen and oxygen atoms in total. The zero-order valence-corrected chi connectivity index (χ0v) is 10.4. The number of hydrogen-bond donors (Lipinski definition) is 1. The summed E-state index contributed by atoms with van der Waals surface area (Å²) >= 11 is 0. The van der Waals surface area contributed by atoms with Crippen molar-refractivity contribution >= 4 is 0 Å². The molecule has 0 radical (unpaired) electrons. The van der Waals surface area contributed by atoms with Gasteiger partial charge in [0.1, 0.15) is 5.75 Å². The maximum absolute atomic E-state index is 10.1. The van der Waals surface area contributed by atoms with Crippen LogP contribution in [0, 0.1) is 17.2 Å². The molecule has 0 aliphatic rings. The zero-order valence-electron chi connectivity index (χ0n) is 10.4. The third-order valence-electron chi connectivity index (χ3n) is 2.66. The summed E-state index contributed by atoms with van der Waals surface area (Å²) in [7, 11) is 0. The van der Waals surface area contributed by atoms with E-state index in [-0.39, 0.29) is 5.92 Å². The van der Waals surface area contributed by atoms with Gasteiger partial charge >= 0.3 is 0 Å². The van der Waals surface area contributed by atoms with Crippen LogP contribution in [0.1, 0.15) is 38.4 Å². The zero-order chi connectivity index (χ0) is 12.7. The van der Waals surface area contributed by atoms with Crippen LogP contribution in [0.5, 0.6) is 5.75 Å². The Morgan fingerprint density at radius 2 is 2.18 bits per heavy atom. The van der Waals surface area contributed by atoms with Gasteiger partial charge < -0.3 is 9.84 Å². The molecule has 0 bridgehead atoms. The van der Waals surface area contributed by atoms with Crippen molar-refractivity contribution in [2.75, 3.05) is 6.61 Å². The van der Waals surface area contributed by atoms with Gasteiger partial charge in [-0.2, -0.15) is 5.26 Å². The quantitative estimate of drug-likeness (QED) is 0.821. The number of aliphatic hydroxyl groups is 1. The lowest BCUT2D eigenvalue weighted by atomic mass is 9.93. The fraction of sp³-hybridized carbons (Fsp3) is 0.500. The van der Waals surface area contributed by atoms with Gasteiger partial charge in [-0.05, 0) is 31.0 Å². The molecule has 92 valence electrons. The number of ether oxygens (including phenoxy) is 1. The van der Waals surface area contributed by atoms with Crippen LogP contribution in [0.2, 0.25) is 0 Å². The van der Waals surface area contributed by atoms with Crippen molar-refractivity contribution in [1.29, 1.82) is 5.26 Å². The number of aliphatic hydroxyl groups excluding tert-OH is 1. The Balaban J connectivity index is 2.83. The molecule has 1 aromatic carbocycles. The topological polar surface area (TPSA) is 53.2 Å². The van der Waals surface area contributed by atoms with Crippen LogP contribution in [0.15, 0.2) is 24.3 Å². The molecule has 1 aromatic rings. The van der Waals surface area contributed by atoms with E-state index in [2.05, 4.69) is 6.07 Å². The van der Waals surface area contributed by atoms with Crippen LogP contribution in [0.4, 0.5) is 0 Å². The smallest absolute Gasteiger partial charge is 0.119 e. The Morgan fingerprint density at radius 3 is 2.76 bits per heavy atom. The molecule has 0 amide bonds. The number of nitrogens with zero attached hydrogens (tertiary/aromatic N) is 1. The van der Waals surface area contributed by atoms with Gasteiger partial charge in [-0.25, -0.2) is 0 Å². The van der Waals surface area contributed by atoms with Crippen LogP contribution in [0.3, 0.4) is 0 Å². The summed E-state index contributed by atoms with van der Waals surface area (Å²) in [5.41, 5.74) is 0.746. The molecule has 0 heterocycles. The summed E-state index contributed by atoms with van der Waals surface area (Å²) in [6, 6.07) is 9.47. The van der Waals surface area contributed by atoms with E-state index in [1.54, 1.807) is 6.07 Å². The molecule has 0 saturated heterocycles. The molecule has 17 heavy (non-hydrogen) atoms. The van der Waals surface area contributed by atoms with E-state index in [9.17, 15) is 5.11 Å². The summed E-state index contributed by atoms with van der Waals surface area (Å²) in [6.07, 6.45) is 0.858. The monoisotopic (exact) mass is 233 g/mol. The van der Waals surface area contributed by atoms with Crippen molar-refractivity contribution in [2.24, 2.45) is 5.92 Å². The van der Waals surface area contributed by atoms with Crippen LogP contribution < -0.4 is 4.74 Å². The van der Waals surface area contributed by atoms with E-state index in [1.807, 2.05) is 32.0 Å². The minimum absolute atomic E-state index is 0.350. The number of hydrogen-bond acceptors (Lipinski definition) is 3. The van der Waals surface area contributed by atoms with Gasteiger partial charge in [0, 0.05) is 0 Å². The highest BCUT2D eigenvalue weighted by Gasteiger charge is 2.19. The van der Waals surface area contributed by atoms with Gasteiger partial charge in [-0.3, -0.25) is 0 Å². The largest absolute Gasteiger partial charge is 0.494 e. The maximum atomic E-state index is 10.1. The molecule has 0 aliphatic carbocycles. The van der Waals surface area contributed by atoms with Gasteiger partial charge in [0.25, 0.3) is 0 Å². The van der Waals surface area contributed by atoms with Gasteiger partial charge in [0.05, 0.1) is 24.7 Å².